The normalized spacial score (nSPS) is 21.4. The maximum Gasteiger partial charge on any atom is 0.337 e. The number of nitrogens with zero attached hydrogens (tertiary/aromatic N) is 1. The monoisotopic (exact) mass is 280 g/mol. The Bertz CT molecular complexity index is 561. The summed E-state index contributed by atoms with van der Waals surface area (Å²) in [5, 5.41) is 22.2. The van der Waals surface area contributed by atoms with Gasteiger partial charge in [0, 0.05) is 4.92 Å². The van der Waals surface area contributed by atoms with E-state index in [2.05, 4.69) is 16.2 Å². The van der Waals surface area contributed by atoms with E-state index in [0.29, 0.717) is 0 Å². The number of nitrogens with one attached hydrogen (secondary N) is 3. The Morgan fingerprint density at radius 2 is 2.10 bits per heavy atom. The number of anilines is 1. The SMILES string of the molecule is O=C(O)c1ccccc1NC(=O)C1NNCC1[N+](=O)[O-]. The lowest BCUT2D eigenvalue weighted by atomic mass is 10.1. The van der Waals surface area contributed by atoms with E-state index in [1.165, 1.54) is 18.2 Å². The summed E-state index contributed by atoms with van der Waals surface area (Å²) in [4.78, 5) is 33.2. The number of aromatic carboxylic acids is 1. The third-order valence-corrected chi connectivity index (χ3v) is 2.92. The van der Waals surface area contributed by atoms with E-state index in [1.807, 2.05) is 0 Å². The number of amides is 1. The largest absolute Gasteiger partial charge is 0.478 e. The van der Waals surface area contributed by atoms with Crippen LogP contribution in [0.5, 0.6) is 0 Å². The number of hydrazine groups is 1. The van der Waals surface area contributed by atoms with Gasteiger partial charge in [-0.3, -0.25) is 14.9 Å². The lowest BCUT2D eigenvalue weighted by Gasteiger charge is -2.13. The first kappa shape index (κ1) is 13.9. The maximum atomic E-state index is 12.0. The minimum atomic E-state index is -1.19. The predicted molar refractivity (Wildman–Crippen MR) is 67.7 cm³/mol. The van der Waals surface area contributed by atoms with E-state index < -0.39 is 28.9 Å². The molecular formula is C11H12N4O5. The van der Waals surface area contributed by atoms with Crippen molar-refractivity contribution in [3.63, 3.8) is 0 Å². The summed E-state index contributed by atoms with van der Waals surface area (Å²) in [6.07, 6.45) is 0. The standard InChI is InChI=1S/C11H12N4O5/c16-10(9-8(15(19)20)5-12-14-9)13-7-4-2-1-3-6(7)11(17)18/h1-4,8-9,12,14H,5H2,(H,13,16)(H,17,18). The van der Waals surface area contributed by atoms with Crippen LogP contribution >= 0.6 is 0 Å². The van der Waals surface area contributed by atoms with Crippen molar-refractivity contribution in [2.75, 3.05) is 11.9 Å². The summed E-state index contributed by atoms with van der Waals surface area (Å²) in [6, 6.07) is 3.68. The van der Waals surface area contributed by atoms with Crippen LogP contribution in [0.4, 0.5) is 5.69 Å². The summed E-state index contributed by atoms with van der Waals surface area (Å²) in [6.45, 7) is 0.0195. The smallest absolute Gasteiger partial charge is 0.337 e. The molecule has 1 aromatic rings. The van der Waals surface area contributed by atoms with Gasteiger partial charge < -0.3 is 10.4 Å². The Labute approximate surface area is 113 Å². The fourth-order valence-corrected chi connectivity index (χ4v) is 1.91. The molecule has 2 atom stereocenters. The first-order chi connectivity index (χ1) is 9.50. The summed E-state index contributed by atoms with van der Waals surface area (Å²) >= 11 is 0. The first-order valence-corrected chi connectivity index (χ1v) is 5.76. The molecule has 0 aliphatic carbocycles. The lowest BCUT2D eigenvalue weighted by molar-refractivity contribution is -0.517. The molecular weight excluding hydrogens is 268 g/mol. The highest BCUT2D eigenvalue weighted by molar-refractivity contribution is 6.02. The van der Waals surface area contributed by atoms with Crippen LogP contribution in [0, 0.1) is 10.1 Å². The second kappa shape index (κ2) is 5.63. The molecule has 9 heteroatoms. The van der Waals surface area contributed by atoms with E-state index in [0.717, 1.165) is 0 Å². The molecule has 1 aliphatic rings. The molecule has 1 aliphatic heterocycles. The van der Waals surface area contributed by atoms with Crippen molar-refractivity contribution in [3.8, 4) is 0 Å². The first-order valence-electron chi connectivity index (χ1n) is 5.76. The van der Waals surface area contributed by atoms with E-state index in [1.54, 1.807) is 6.07 Å². The van der Waals surface area contributed by atoms with Gasteiger partial charge in [-0.15, -0.1) is 0 Å². The van der Waals surface area contributed by atoms with Gasteiger partial charge in [0.2, 0.25) is 5.91 Å². The Hall–Kier alpha value is -2.52. The Balaban J connectivity index is 2.16. The molecule has 0 spiro atoms. The van der Waals surface area contributed by atoms with Crippen LogP contribution in [0.3, 0.4) is 0 Å². The number of carboxylic acid groups (broad SMARTS) is 1. The van der Waals surface area contributed by atoms with Gasteiger partial charge in [-0.25, -0.2) is 15.6 Å². The van der Waals surface area contributed by atoms with Gasteiger partial charge in [-0.05, 0) is 12.1 Å². The van der Waals surface area contributed by atoms with Crippen molar-refractivity contribution in [1.82, 2.24) is 10.9 Å². The van der Waals surface area contributed by atoms with E-state index >= 15 is 0 Å². The minimum Gasteiger partial charge on any atom is -0.478 e. The van der Waals surface area contributed by atoms with Crippen LogP contribution in [-0.2, 0) is 4.79 Å². The van der Waals surface area contributed by atoms with Crippen LogP contribution in [0.15, 0.2) is 24.3 Å². The Morgan fingerprint density at radius 3 is 2.75 bits per heavy atom. The van der Waals surface area contributed by atoms with Crippen molar-refractivity contribution in [2.24, 2.45) is 0 Å². The third kappa shape index (κ3) is 2.73. The molecule has 0 bridgehead atoms. The van der Waals surface area contributed by atoms with Gasteiger partial charge in [0.25, 0.3) is 6.04 Å². The number of carboxylic acids is 1. The van der Waals surface area contributed by atoms with Crippen molar-refractivity contribution in [3.05, 3.63) is 39.9 Å². The van der Waals surface area contributed by atoms with Crippen molar-refractivity contribution in [2.45, 2.75) is 12.1 Å². The molecule has 1 heterocycles. The van der Waals surface area contributed by atoms with Crippen molar-refractivity contribution < 1.29 is 19.6 Å². The second-order valence-electron chi connectivity index (χ2n) is 4.20. The number of nitro groups is 1. The molecule has 1 fully saturated rings. The average Bonchev–Trinajstić information content (AvgIpc) is 2.88. The maximum absolute atomic E-state index is 12.0. The van der Waals surface area contributed by atoms with Crippen molar-refractivity contribution in [1.29, 1.82) is 0 Å². The summed E-state index contributed by atoms with van der Waals surface area (Å²) in [5.74, 6) is -1.85. The van der Waals surface area contributed by atoms with Crippen LogP contribution in [-0.4, -0.2) is 40.5 Å². The molecule has 9 nitrogen and oxygen atoms in total. The highest BCUT2D eigenvalue weighted by Crippen LogP contribution is 2.16. The van der Waals surface area contributed by atoms with Crippen molar-refractivity contribution >= 4 is 17.6 Å². The van der Waals surface area contributed by atoms with Gasteiger partial charge in [0.05, 0.1) is 17.8 Å². The van der Waals surface area contributed by atoms with Crippen LogP contribution in [0.25, 0.3) is 0 Å². The Morgan fingerprint density at radius 1 is 1.40 bits per heavy atom. The molecule has 20 heavy (non-hydrogen) atoms. The lowest BCUT2D eigenvalue weighted by Crippen LogP contribution is -2.46. The zero-order valence-electron chi connectivity index (χ0n) is 10.2. The van der Waals surface area contributed by atoms with Gasteiger partial charge in [0.1, 0.15) is 0 Å². The summed E-state index contributed by atoms with van der Waals surface area (Å²) in [7, 11) is 0. The fourth-order valence-electron chi connectivity index (χ4n) is 1.91. The number of para-hydroxylation sites is 1. The van der Waals surface area contributed by atoms with Gasteiger partial charge in [-0.1, -0.05) is 12.1 Å². The van der Waals surface area contributed by atoms with Gasteiger partial charge >= 0.3 is 5.97 Å². The van der Waals surface area contributed by atoms with Gasteiger partial charge in [-0.2, -0.15) is 0 Å². The highest BCUT2D eigenvalue weighted by atomic mass is 16.6. The zero-order chi connectivity index (χ0) is 14.7. The molecule has 4 N–H and O–H groups in total. The molecule has 1 amide bonds. The number of carbonyl (C=O) groups is 2. The molecule has 106 valence electrons. The fraction of sp³-hybridized carbons (Fsp3) is 0.273. The van der Waals surface area contributed by atoms with Crippen LogP contribution in [0.1, 0.15) is 10.4 Å². The summed E-state index contributed by atoms with van der Waals surface area (Å²) in [5.41, 5.74) is 5.06. The van der Waals surface area contributed by atoms with E-state index in [4.69, 9.17) is 5.11 Å². The molecule has 2 unspecified atom stereocenters. The van der Waals surface area contributed by atoms with Crippen LogP contribution < -0.4 is 16.2 Å². The number of hydrogen-bond acceptors (Lipinski definition) is 6. The van der Waals surface area contributed by atoms with Gasteiger partial charge in [0.15, 0.2) is 6.04 Å². The number of hydrogen-bond donors (Lipinski definition) is 4. The molecule has 1 aromatic carbocycles. The van der Waals surface area contributed by atoms with E-state index in [-0.39, 0.29) is 17.8 Å². The second-order valence-corrected chi connectivity index (χ2v) is 4.20. The predicted octanol–water partition coefficient (Wildman–Crippen LogP) is -0.555. The molecule has 0 aromatic heterocycles. The zero-order valence-corrected chi connectivity index (χ0v) is 10.2. The van der Waals surface area contributed by atoms with E-state index in [9.17, 15) is 19.7 Å². The topological polar surface area (TPSA) is 134 Å². The highest BCUT2D eigenvalue weighted by Gasteiger charge is 2.41. The Kier molecular flexibility index (Phi) is 3.91. The number of carbonyl (C=O) groups excluding carboxylic acids is 1. The molecule has 2 rings (SSSR count). The average molecular weight is 280 g/mol. The van der Waals surface area contributed by atoms with Crippen LogP contribution in [0.2, 0.25) is 0 Å². The summed E-state index contributed by atoms with van der Waals surface area (Å²) < 4.78 is 0. The quantitative estimate of drug-likeness (QED) is 0.429. The number of rotatable bonds is 4. The number of benzene rings is 1. The molecule has 0 saturated carbocycles. The molecule has 1 saturated heterocycles. The minimum absolute atomic E-state index is 0.0195. The third-order valence-electron chi connectivity index (χ3n) is 2.92. The molecule has 0 radical (unpaired) electrons.